The van der Waals surface area contributed by atoms with Crippen LogP contribution < -0.4 is 20.9 Å². The molecule has 5 saturated heterocycles. The van der Waals surface area contributed by atoms with Crippen molar-refractivity contribution in [1.82, 2.24) is 33.8 Å². The molecule has 7 aromatic rings. The van der Waals surface area contributed by atoms with Crippen molar-refractivity contribution in [3.63, 3.8) is 0 Å². The average Bonchev–Trinajstić information content (AvgIpc) is 1.33. The second kappa shape index (κ2) is 28.6. The first-order chi connectivity index (χ1) is 48.1. The van der Waals surface area contributed by atoms with Crippen LogP contribution in [0.4, 0.5) is 11.4 Å². The lowest BCUT2D eigenvalue weighted by molar-refractivity contribution is -0.117. The smallest absolute Gasteiger partial charge is 0.280 e. The highest BCUT2D eigenvalue weighted by molar-refractivity contribution is 5.95. The largest absolute Gasteiger partial charge is 0.323 e. The quantitative estimate of drug-likeness (QED) is 0.114. The summed E-state index contributed by atoms with van der Waals surface area (Å²) in [6, 6.07) is 42.5. The summed E-state index contributed by atoms with van der Waals surface area (Å²) in [5.41, 5.74) is 8.37. The van der Waals surface area contributed by atoms with Crippen molar-refractivity contribution >= 4 is 61.6 Å². The minimum absolute atomic E-state index is 0. The van der Waals surface area contributed by atoms with Crippen molar-refractivity contribution < 1.29 is 14.4 Å². The number of rotatable bonds is 11. The summed E-state index contributed by atoms with van der Waals surface area (Å²) in [7, 11) is 0. The van der Waals surface area contributed by atoms with Gasteiger partial charge in [0.15, 0.2) is 28.7 Å². The minimum atomic E-state index is -0.236. The lowest BCUT2D eigenvalue weighted by Crippen LogP contribution is -2.59. The van der Waals surface area contributed by atoms with Gasteiger partial charge in [0, 0.05) is 93.8 Å². The fourth-order valence-corrected chi connectivity index (χ4v) is 22.8. The van der Waals surface area contributed by atoms with Crippen LogP contribution in [0.2, 0.25) is 0 Å². The first-order valence-corrected chi connectivity index (χ1v) is 38.8. The van der Waals surface area contributed by atoms with Gasteiger partial charge in [-0.2, -0.15) is 0 Å². The number of carbonyl (C=O) groups is 3. The number of Topliss-reactive ketones (excluding diaryl/α,β-unsaturated/α-hetero) is 3. The maximum absolute atomic E-state index is 13.5. The van der Waals surface area contributed by atoms with Crippen LogP contribution in [0, 0.1) is 35.5 Å². The normalized spacial score (nSPS) is 31.0. The van der Waals surface area contributed by atoms with Crippen molar-refractivity contribution in [1.29, 1.82) is 0 Å². The van der Waals surface area contributed by atoms with Gasteiger partial charge in [-0.15, -0.1) is 0 Å². The van der Waals surface area contributed by atoms with Crippen LogP contribution >= 0.6 is 0 Å². The molecule has 0 radical (unpaired) electrons. The summed E-state index contributed by atoms with van der Waals surface area (Å²) < 4.78 is 3.89. The summed E-state index contributed by atoms with van der Waals surface area (Å²) in [5, 5.41) is 2.85. The molecular weight excluding hydrogens is 1240 g/mol. The summed E-state index contributed by atoms with van der Waals surface area (Å²) >= 11 is 0. The summed E-state index contributed by atoms with van der Waals surface area (Å²) in [4.78, 5) is 85.6. The van der Waals surface area contributed by atoms with E-state index in [1.165, 1.54) is 144 Å². The second-order valence-corrected chi connectivity index (χ2v) is 32.9. The van der Waals surface area contributed by atoms with Crippen LogP contribution in [0.25, 0.3) is 32.8 Å². The number of benzene rings is 5. The second-order valence-electron chi connectivity index (χ2n) is 32.9. The molecule has 0 amide bonds. The molecule has 11 aliphatic rings. The molecular formula is C86H109N9O5. The fourth-order valence-electron chi connectivity index (χ4n) is 22.8. The Morgan fingerprint density at radius 2 is 0.940 bits per heavy atom. The van der Waals surface area contributed by atoms with Gasteiger partial charge in [0.25, 0.3) is 11.1 Å². The summed E-state index contributed by atoms with van der Waals surface area (Å²) in [6.07, 6.45) is 29.7. The van der Waals surface area contributed by atoms with Gasteiger partial charge in [-0.3, -0.25) is 38.7 Å². The Kier molecular flexibility index (Phi) is 19.6. The number of fused-ring (bicyclic) bond motifs is 11. The molecule has 9 fully saturated rings. The predicted octanol–water partition coefficient (Wildman–Crippen LogP) is 17.1. The first-order valence-electron chi connectivity index (χ1n) is 38.8. The number of hydrogen-bond acceptors (Lipinski definition) is 12. The van der Waals surface area contributed by atoms with Crippen LogP contribution in [0.3, 0.4) is 0 Å². The number of nitrogens with zero attached hydrogens (tertiary/aromatic N) is 9. The van der Waals surface area contributed by atoms with Gasteiger partial charge >= 0.3 is 0 Å². The van der Waals surface area contributed by atoms with E-state index in [4.69, 9.17) is 0 Å². The van der Waals surface area contributed by atoms with Gasteiger partial charge in [0.2, 0.25) is 0 Å². The predicted molar refractivity (Wildman–Crippen MR) is 404 cm³/mol. The number of likely N-dealkylation sites (tertiary alicyclic amines) is 1. The van der Waals surface area contributed by atoms with Gasteiger partial charge in [0.1, 0.15) is 5.82 Å². The molecule has 14 heteroatoms. The van der Waals surface area contributed by atoms with E-state index in [2.05, 4.69) is 116 Å². The van der Waals surface area contributed by atoms with E-state index in [9.17, 15) is 24.0 Å². The van der Waals surface area contributed by atoms with E-state index < -0.39 is 0 Å². The van der Waals surface area contributed by atoms with Gasteiger partial charge in [-0.25, -0.2) is 9.97 Å². The molecule has 14 nitrogen and oxygen atoms in total. The third kappa shape index (κ3) is 13.0. The molecule has 18 rings (SSSR count). The van der Waals surface area contributed by atoms with Gasteiger partial charge < -0.3 is 18.9 Å². The monoisotopic (exact) mass is 1350 g/mol. The van der Waals surface area contributed by atoms with Crippen molar-refractivity contribution in [3.05, 3.63) is 165 Å². The maximum atomic E-state index is 13.5. The van der Waals surface area contributed by atoms with Crippen LogP contribution in [0.1, 0.15) is 240 Å². The lowest BCUT2D eigenvalue weighted by Gasteiger charge is -2.55. The van der Waals surface area contributed by atoms with Crippen molar-refractivity contribution in [2.24, 2.45) is 35.5 Å². The molecule has 100 heavy (non-hydrogen) atoms. The molecule has 528 valence electrons. The number of carbonyl (C=O) groups excluding carboxylic acids is 3. The molecule has 0 spiro atoms. The van der Waals surface area contributed by atoms with Gasteiger partial charge in [0.05, 0.1) is 40.0 Å². The zero-order valence-electron chi connectivity index (χ0n) is 59.5. The average molecular weight is 1350 g/mol. The SMILES string of the molecule is C.C=C1N(CC(=O)CC)c2ccccc2N1C1CCN([C@@H]2Cc3cccc4cccc2c34)CC1.CC(=O)c1nc2ccccc2n(C2C[C@H]3CCC[C@@H](C2)N3C2C[C@H]3CC(C)C[C@@H](C2)C3)c1=O.CC(=O)c1nc2ccccc2n(C2C[C@H]3CCC[C@@H](C2)N3C2C[C@H]3CC(C)C[C@@H](C2)C3)c1=O. The topological polar surface area (TPSA) is 137 Å². The third-order valence-corrected chi connectivity index (χ3v) is 26.4. The first kappa shape index (κ1) is 68.6. The van der Waals surface area contributed by atoms with Crippen LogP contribution in [-0.4, -0.2) is 113 Å². The number of ketones is 3. The highest BCUT2D eigenvalue weighted by Crippen LogP contribution is 2.52. The van der Waals surface area contributed by atoms with Gasteiger partial charge in [-0.1, -0.05) is 120 Å². The molecule has 6 unspecified atom stereocenters. The van der Waals surface area contributed by atoms with Crippen molar-refractivity contribution in [3.8, 4) is 0 Å². The molecule has 5 aliphatic carbocycles. The molecule has 15 atom stereocenters. The Morgan fingerprint density at radius 3 is 1.41 bits per heavy atom. The van der Waals surface area contributed by atoms with E-state index in [-0.39, 0.29) is 59.4 Å². The highest BCUT2D eigenvalue weighted by atomic mass is 16.2. The Morgan fingerprint density at radius 1 is 0.490 bits per heavy atom. The zero-order valence-corrected chi connectivity index (χ0v) is 59.5. The standard InChI is InChI=1S/C29H31N3O.2C28H37N3O2.CH4/c1-3-24(33)19-31-20(2)32(27-13-5-4-12-26(27)31)23-14-16-30(17-15-23)28-18-22-10-6-8-21-9-7-11-25(28)29(21)22;2*1-17-10-19-12-20(11-17)14-23(13-19)30-21-6-5-7-22(30)16-24(15-21)31-26-9-4-3-8-25(26)29-27(18(2)32)28(31)33;/h4-13,23,28H,2-3,14-19H2,1H3;2*3-4,8-9,17,19-24H,5-7,10-16H2,1-2H3;1H4/t28-;2*17?,19-,20+,21-,22+,23?,24?;/m1.../s1. The number of piperidine rings is 5. The molecule has 4 saturated carbocycles. The lowest BCUT2D eigenvalue weighted by atomic mass is 9.65. The Labute approximate surface area is 593 Å². The van der Waals surface area contributed by atoms with E-state index >= 15 is 0 Å². The van der Waals surface area contributed by atoms with E-state index in [1.807, 2.05) is 64.6 Å². The molecule has 8 bridgehead atoms. The molecule has 0 N–H and O–H groups in total. The van der Waals surface area contributed by atoms with Crippen molar-refractivity contribution in [2.75, 3.05) is 29.4 Å². The number of para-hydroxylation sites is 6. The Bertz CT molecular complexity index is 4110. The minimum Gasteiger partial charge on any atom is -0.323 e. The van der Waals surface area contributed by atoms with Crippen LogP contribution in [0.15, 0.2) is 131 Å². The van der Waals surface area contributed by atoms with Crippen LogP contribution in [-0.2, 0) is 11.2 Å². The summed E-state index contributed by atoms with van der Waals surface area (Å²) in [6.45, 7) is 16.8. The zero-order chi connectivity index (χ0) is 67.9. The Balaban J connectivity index is 0.000000121. The number of anilines is 2. The molecule has 8 heterocycles. The molecule has 5 aromatic carbocycles. The Hall–Kier alpha value is -7.13. The molecule has 2 aromatic heterocycles. The van der Waals surface area contributed by atoms with Crippen LogP contribution in [0.5, 0.6) is 0 Å². The highest BCUT2D eigenvalue weighted by Gasteiger charge is 2.49. The number of hydrogen-bond donors (Lipinski definition) is 0. The van der Waals surface area contributed by atoms with E-state index in [1.54, 1.807) is 0 Å². The maximum Gasteiger partial charge on any atom is 0.280 e. The summed E-state index contributed by atoms with van der Waals surface area (Å²) in [5.74, 6) is 6.21. The number of aromatic nitrogens is 4. The molecule has 6 aliphatic heterocycles. The van der Waals surface area contributed by atoms with E-state index in [0.717, 1.165) is 139 Å². The fraction of sp³-hybridized carbons (Fsp3) is 0.570. The van der Waals surface area contributed by atoms with Crippen molar-refractivity contribution in [2.45, 2.75) is 257 Å². The van der Waals surface area contributed by atoms with Gasteiger partial charge in [-0.05, 0) is 229 Å². The van der Waals surface area contributed by atoms with E-state index in [0.29, 0.717) is 49.2 Å². The third-order valence-electron chi connectivity index (χ3n) is 26.4.